The van der Waals surface area contributed by atoms with Crippen molar-refractivity contribution in [2.75, 3.05) is 32.9 Å². The highest BCUT2D eigenvalue weighted by Gasteiger charge is 2.41. The first-order valence-electron chi connectivity index (χ1n) is 6.54. The minimum absolute atomic E-state index is 0.0849. The molecule has 2 fully saturated rings. The summed E-state index contributed by atoms with van der Waals surface area (Å²) >= 11 is 0. The van der Waals surface area contributed by atoms with E-state index in [0.717, 1.165) is 32.4 Å². The van der Waals surface area contributed by atoms with Crippen LogP contribution in [0.3, 0.4) is 0 Å². The highest BCUT2D eigenvalue weighted by molar-refractivity contribution is 5.80. The maximum absolute atomic E-state index is 11.7. The number of carbonyl (C=O) groups is 1. The van der Waals surface area contributed by atoms with Crippen molar-refractivity contribution in [3.8, 4) is 0 Å². The molecule has 0 saturated carbocycles. The topological polar surface area (TPSA) is 61.8 Å². The Morgan fingerprint density at radius 1 is 1.47 bits per heavy atom. The van der Waals surface area contributed by atoms with Gasteiger partial charge in [0, 0.05) is 31.7 Å². The van der Waals surface area contributed by atoms with Crippen molar-refractivity contribution < 1.29 is 14.6 Å². The number of aliphatic hydroxyl groups is 1. The minimum atomic E-state index is 0.0849. The average molecular weight is 242 g/mol. The standard InChI is InChI=1S/C12H22N2O3/c15-6-8-17-7-2-4-13-10-9-12(16)14-5-1-3-11(10)14/h10-11,13,15H,1-9H2. The lowest BCUT2D eigenvalue weighted by molar-refractivity contribution is -0.127. The Kier molecular flexibility index (Phi) is 4.76. The minimum Gasteiger partial charge on any atom is -0.394 e. The number of hydrogen-bond acceptors (Lipinski definition) is 4. The van der Waals surface area contributed by atoms with Crippen LogP contribution >= 0.6 is 0 Å². The second kappa shape index (κ2) is 6.33. The fraction of sp³-hybridized carbons (Fsp3) is 0.917. The van der Waals surface area contributed by atoms with E-state index in [1.54, 1.807) is 0 Å². The summed E-state index contributed by atoms with van der Waals surface area (Å²) in [6.07, 6.45) is 3.87. The van der Waals surface area contributed by atoms with Crippen molar-refractivity contribution >= 4 is 5.91 Å². The Bertz CT molecular complexity index is 260. The Hall–Kier alpha value is -0.650. The molecule has 2 heterocycles. The van der Waals surface area contributed by atoms with Gasteiger partial charge in [-0.2, -0.15) is 0 Å². The van der Waals surface area contributed by atoms with Crippen molar-refractivity contribution in [1.29, 1.82) is 0 Å². The maximum Gasteiger partial charge on any atom is 0.224 e. The van der Waals surface area contributed by atoms with E-state index in [4.69, 9.17) is 9.84 Å². The predicted molar refractivity (Wildman–Crippen MR) is 63.7 cm³/mol. The molecule has 2 aliphatic rings. The van der Waals surface area contributed by atoms with Crippen LogP contribution < -0.4 is 5.32 Å². The average Bonchev–Trinajstić information content (AvgIpc) is 2.89. The molecule has 5 nitrogen and oxygen atoms in total. The van der Waals surface area contributed by atoms with Crippen LogP contribution in [0.1, 0.15) is 25.7 Å². The van der Waals surface area contributed by atoms with Gasteiger partial charge in [0.1, 0.15) is 0 Å². The fourth-order valence-electron chi connectivity index (χ4n) is 2.80. The van der Waals surface area contributed by atoms with E-state index < -0.39 is 0 Å². The molecule has 2 unspecified atom stereocenters. The fourth-order valence-corrected chi connectivity index (χ4v) is 2.80. The largest absolute Gasteiger partial charge is 0.394 e. The zero-order valence-electron chi connectivity index (χ0n) is 10.2. The molecule has 5 heteroatoms. The molecule has 98 valence electrons. The highest BCUT2D eigenvalue weighted by atomic mass is 16.5. The van der Waals surface area contributed by atoms with Crippen LogP contribution in [0.2, 0.25) is 0 Å². The second-order valence-electron chi connectivity index (χ2n) is 4.75. The molecule has 0 bridgehead atoms. The van der Waals surface area contributed by atoms with Gasteiger partial charge in [0.25, 0.3) is 0 Å². The monoisotopic (exact) mass is 242 g/mol. The van der Waals surface area contributed by atoms with E-state index in [1.165, 1.54) is 0 Å². The first kappa shape index (κ1) is 12.8. The summed E-state index contributed by atoms with van der Waals surface area (Å²) in [4.78, 5) is 13.7. The Labute approximate surface area is 102 Å². The van der Waals surface area contributed by atoms with Gasteiger partial charge >= 0.3 is 0 Å². The number of carbonyl (C=O) groups excluding carboxylic acids is 1. The molecule has 0 radical (unpaired) electrons. The molecule has 0 aromatic rings. The molecule has 2 saturated heterocycles. The Balaban J connectivity index is 1.61. The normalized spacial score (nSPS) is 27.8. The molecule has 0 aromatic carbocycles. The molecule has 2 N–H and O–H groups in total. The van der Waals surface area contributed by atoms with Gasteiger partial charge in [-0.25, -0.2) is 0 Å². The molecule has 0 spiro atoms. The van der Waals surface area contributed by atoms with Gasteiger partial charge in [-0.3, -0.25) is 4.79 Å². The van der Waals surface area contributed by atoms with Gasteiger partial charge < -0.3 is 20.1 Å². The first-order valence-corrected chi connectivity index (χ1v) is 6.54. The number of aliphatic hydroxyl groups excluding tert-OH is 1. The summed E-state index contributed by atoms with van der Waals surface area (Å²) in [5.41, 5.74) is 0. The van der Waals surface area contributed by atoms with Gasteiger partial charge in [-0.05, 0) is 25.8 Å². The third kappa shape index (κ3) is 3.18. The quantitative estimate of drug-likeness (QED) is 0.604. The van der Waals surface area contributed by atoms with Crippen LogP contribution in [-0.2, 0) is 9.53 Å². The van der Waals surface area contributed by atoms with Crippen LogP contribution in [0.4, 0.5) is 0 Å². The van der Waals surface area contributed by atoms with Crippen molar-refractivity contribution in [1.82, 2.24) is 10.2 Å². The highest BCUT2D eigenvalue weighted by Crippen LogP contribution is 2.28. The molecule has 2 aliphatic heterocycles. The molecule has 0 aliphatic carbocycles. The summed E-state index contributed by atoms with van der Waals surface area (Å²) in [5.74, 6) is 0.307. The number of amides is 1. The number of fused-ring (bicyclic) bond motifs is 1. The zero-order valence-corrected chi connectivity index (χ0v) is 10.2. The maximum atomic E-state index is 11.7. The van der Waals surface area contributed by atoms with Crippen LogP contribution in [0, 0.1) is 0 Å². The van der Waals surface area contributed by atoms with Crippen LogP contribution in [0.25, 0.3) is 0 Å². The molecular weight excluding hydrogens is 220 g/mol. The summed E-state index contributed by atoms with van der Waals surface area (Å²) in [6, 6.07) is 0.767. The summed E-state index contributed by atoms with van der Waals surface area (Å²) in [6.45, 7) is 3.00. The van der Waals surface area contributed by atoms with Gasteiger partial charge in [-0.1, -0.05) is 0 Å². The number of ether oxygens (including phenoxy) is 1. The zero-order chi connectivity index (χ0) is 12.1. The third-order valence-electron chi connectivity index (χ3n) is 3.59. The van der Waals surface area contributed by atoms with E-state index in [9.17, 15) is 4.79 Å². The Morgan fingerprint density at radius 2 is 2.35 bits per heavy atom. The summed E-state index contributed by atoms with van der Waals surface area (Å²) in [7, 11) is 0. The number of rotatable bonds is 7. The SMILES string of the molecule is O=C1CC(NCCCOCCO)C2CCCN12. The van der Waals surface area contributed by atoms with Crippen LogP contribution in [0.15, 0.2) is 0 Å². The molecule has 2 atom stereocenters. The van der Waals surface area contributed by atoms with Crippen molar-refractivity contribution in [3.05, 3.63) is 0 Å². The van der Waals surface area contributed by atoms with E-state index >= 15 is 0 Å². The summed E-state index contributed by atoms with van der Waals surface area (Å²) < 4.78 is 5.19. The predicted octanol–water partition coefficient (Wildman–Crippen LogP) is -0.262. The van der Waals surface area contributed by atoms with E-state index in [1.807, 2.05) is 4.90 Å². The number of nitrogens with zero attached hydrogens (tertiary/aromatic N) is 1. The number of hydrogen-bond donors (Lipinski definition) is 2. The van der Waals surface area contributed by atoms with Crippen LogP contribution in [-0.4, -0.2) is 60.9 Å². The molecule has 0 aromatic heterocycles. The third-order valence-corrected chi connectivity index (χ3v) is 3.59. The van der Waals surface area contributed by atoms with Crippen molar-refractivity contribution in [2.45, 2.75) is 37.8 Å². The van der Waals surface area contributed by atoms with Gasteiger partial charge in [0.15, 0.2) is 0 Å². The van der Waals surface area contributed by atoms with Crippen molar-refractivity contribution in [3.63, 3.8) is 0 Å². The van der Waals surface area contributed by atoms with Gasteiger partial charge in [0.05, 0.1) is 13.2 Å². The van der Waals surface area contributed by atoms with E-state index in [2.05, 4.69) is 5.32 Å². The lowest BCUT2D eigenvalue weighted by atomic mass is 10.1. The lowest BCUT2D eigenvalue weighted by Gasteiger charge is -2.20. The molecule has 1 amide bonds. The van der Waals surface area contributed by atoms with Crippen LogP contribution in [0.5, 0.6) is 0 Å². The molecule has 17 heavy (non-hydrogen) atoms. The molecular formula is C12H22N2O3. The van der Waals surface area contributed by atoms with E-state index in [-0.39, 0.29) is 6.61 Å². The van der Waals surface area contributed by atoms with Gasteiger partial charge in [-0.15, -0.1) is 0 Å². The van der Waals surface area contributed by atoms with Gasteiger partial charge in [0.2, 0.25) is 5.91 Å². The smallest absolute Gasteiger partial charge is 0.224 e. The Morgan fingerprint density at radius 3 is 3.18 bits per heavy atom. The lowest BCUT2D eigenvalue weighted by Crippen LogP contribution is -2.39. The van der Waals surface area contributed by atoms with Crippen molar-refractivity contribution in [2.24, 2.45) is 0 Å². The number of nitrogens with one attached hydrogen (secondary N) is 1. The van der Waals surface area contributed by atoms with E-state index in [0.29, 0.717) is 37.6 Å². The first-order chi connectivity index (χ1) is 8.33. The summed E-state index contributed by atoms with van der Waals surface area (Å²) in [5, 5.41) is 12.0. The molecule has 2 rings (SSSR count). The second-order valence-corrected chi connectivity index (χ2v) is 4.75.